The molecule has 11 aromatic carbocycles. The fraction of sp³-hybridized carbons (Fsp3) is 0. The van der Waals surface area contributed by atoms with Crippen molar-refractivity contribution in [1.82, 2.24) is 0 Å². The van der Waals surface area contributed by atoms with Gasteiger partial charge in [-0.1, -0.05) is 224 Å². The van der Waals surface area contributed by atoms with Crippen molar-refractivity contribution in [3.63, 3.8) is 0 Å². The first-order valence-corrected chi connectivity index (χ1v) is 21.7. The first-order valence-electron chi connectivity index (χ1n) is 21.7. The maximum atomic E-state index is 2.43. The fourth-order valence-electron chi connectivity index (χ4n) is 9.09. The maximum absolute atomic E-state index is 2.43. The topological polar surface area (TPSA) is 3.24 Å². The number of rotatable bonds is 9. The summed E-state index contributed by atoms with van der Waals surface area (Å²) in [5, 5.41) is 4.98. The van der Waals surface area contributed by atoms with Gasteiger partial charge in [-0.25, -0.2) is 0 Å². The van der Waals surface area contributed by atoms with Gasteiger partial charge in [-0.05, 0) is 119 Å². The highest BCUT2D eigenvalue weighted by Crippen LogP contribution is 2.45. The van der Waals surface area contributed by atoms with Crippen LogP contribution in [0.1, 0.15) is 0 Å². The van der Waals surface area contributed by atoms with Crippen molar-refractivity contribution in [3.8, 4) is 66.8 Å². The van der Waals surface area contributed by atoms with Crippen molar-refractivity contribution in [1.29, 1.82) is 0 Å². The van der Waals surface area contributed by atoms with Crippen molar-refractivity contribution < 1.29 is 0 Å². The molecule has 0 atom stereocenters. The molecule has 0 aliphatic carbocycles. The van der Waals surface area contributed by atoms with E-state index in [9.17, 15) is 0 Å². The minimum atomic E-state index is 1.08. The van der Waals surface area contributed by atoms with Gasteiger partial charge in [0.25, 0.3) is 0 Å². The normalized spacial score (nSPS) is 11.2. The summed E-state index contributed by atoms with van der Waals surface area (Å²) >= 11 is 0. The van der Waals surface area contributed by atoms with E-state index in [1.54, 1.807) is 0 Å². The third kappa shape index (κ3) is 7.47. The molecule has 11 aromatic rings. The summed E-state index contributed by atoms with van der Waals surface area (Å²) in [5.74, 6) is 0. The Balaban J connectivity index is 1.03. The lowest BCUT2D eigenvalue weighted by atomic mass is 9.93. The number of fused-ring (bicyclic) bond motifs is 2. The van der Waals surface area contributed by atoms with Crippen LogP contribution in [0.4, 0.5) is 17.1 Å². The minimum absolute atomic E-state index is 1.08. The lowest BCUT2D eigenvalue weighted by Gasteiger charge is -2.29. The van der Waals surface area contributed by atoms with E-state index >= 15 is 0 Å². The van der Waals surface area contributed by atoms with E-state index in [4.69, 9.17) is 0 Å². The molecule has 0 saturated heterocycles. The SMILES string of the molecule is c1ccc(-c2ccc(-c3ccc(N(c4ccc(-c5cccc(-c6cccc7ccccc67)c5)cc4)c4cc(-c5cccc6ccccc56)ccc4-c4ccccc4)cc3)cc2)cc1. The van der Waals surface area contributed by atoms with Crippen LogP contribution in [-0.4, -0.2) is 0 Å². The molecule has 0 aliphatic rings. The molecule has 0 aliphatic heterocycles. The number of nitrogens with zero attached hydrogens (tertiary/aromatic N) is 1. The number of anilines is 3. The first kappa shape index (κ1) is 37.7. The van der Waals surface area contributed by atoms with E-state index in [0.717, 1.165) is 22.6 Å². The second-order valence-corrected chi connectivity index (χ2v) is 16.1. The Labute approximate surface area is 369 Å². The first-order chi connectivity index (χ1) is 31.2. The summed E-state index contributed by atoms with van der Waals surface area (Å²) in [6.45, 7) is 0. The summed E-state index contributed by atoms with van der Waals surface area (Å²) in [4.78, 5) is 2.43. The van der Waals surface area contributed by atoms with E-state index in [1.807, 2.05) is 0 Å². The lowest BCUT2D eigenvalue weighted by Crippen LogP contribution is -2.11. The van der Waals surface area contributed by atoms with Gasteiger partial charge in [0, 0.05) is 16.9 Å². The van der Waals surface area contributed by atoms with Crippen molar-refractivity contribution in [3.05, 3.63) is 261 Å². The average Bonchev–Trinajstić information content (AvgIpc) is 3.37. The Morgan fingerprint density at radius 1 is 0.206 bits per heavy atom. The van der Waals surface area contributed by atoms with Gasteiger partial charge >= 0.3 is 0 Å². The zero-order valence-corrected chi connectivity index (χ0v) is 34.8. The van der Waals surface area contributed by atoms with Crippen LogP contribution in [0, 0.1) is 0 Å². The molecule has 0 N–H and O–H groups in total. The average molecular weight is 802 g/mol. The van der Waals surface area contributed by atoms with Crippen molar-refractivity contribution in [2.24, 2.45) is 0 Å². The largest absolute Gasteiger partial charge is 0.310 e. The smallest absolute Gasteiger partial charge is 0.0546 e. The fourth-order valence-corrected chi connectivity index (χ4v) is 9.09. The van der Waals surface area contributed by atoms with Crippen LogP contribution in [0.25, 0.3) is 88.3 Å². The molecule has 0 spiro atoms. The second kappa shape index (κ2) is 16.7. The molecular formula is C62H43N. The zero-order valence-electron chi connectivity index (χ0n) is 34.8. The molecule has 0 bridgehead atoms. The quantitative estimate of drug-likeness (QED) is 0.141. The molecule has 0 unspecified atom stereocenters. The van der Waals surface area contributed by atoms with Gasteiger partial charge in [0.1, 0.15) is 0 Å². The van der Waals surface area contributed by atoms with Gasteiger partial charge in [-0.3, -0.25) is 0 Å². The Morgan fingerprint density at radius 3 is 1.13 bits per heavy atom. The number of hydrogen-bond donors (Lipinski definition) is 0. The summed E-state index contributed by atoms with van der Waals surface area (Å²) in [6, 6.07) is 94.7. The molecule has 1 nitrogen and oxygen atoms in total. The maximum Gasteiger partial charge on any atom is 0.0546 e. The van der Waals surface area contributed by atoms with Gasteiger partial charge in [-0.2, -0.15) is 0 Å². The predicted molar refractivity (Wildman–Crippen MR) is 269 cm³/mol. The Bertz CT molecular complexity index is 3340. The van der Waals surface area contributed by atoms with Gasteiger partial charge in [0.2, 0.25) is 0 Å². The molecular weight excluding hydrogens is 759 g/mol. The van der Waals surface area contributed by atoms with Crippen LogP contribution in [0.2, 0.25) is 0 Å². The van der Waals surface area contributed by atoms with Crippen LogP contribution >= 0.6 is 0 Å². The standard InChI is InChI=1S/C62H43N/c1-3-14-44(15-4-1)45-28-30-46(31-29-45)47-32-37-55(38-33-47)63(56-39-34-48(35-40-56)52-22-11-23-53(42-52)59-26-12-20-49-18-7-9-24-57(49)59)62-43-54(36-41-61(62)51-16-5-2-6-17-51)60-27-13-21-50-19-8-10-25-58(50)60/h1-43H. The van der Waals surface area contributed by atoms with Crippen LogP contribution in [0.15, 0.2) is 261 Å². The van der Waals surface area contributed by atoms with Gasteiger partial charge in [0.05, 0.1) is 5.69 Å². The molecule has 63 heavy (non-hydrogen) atoms. The van der Waals surface area contributed by atoms with Gasteiger partial charge in [-0.15, -0.1) is 0 Å². The molecule has 1 heteroatoms. The highest BCUT2D eigenvalue weighted by Gasteiger charge is 2.20. The summed E-state index contributed by atoms with van der Waals surface area (Å²) in [6.07, 6.45) is 0. The monoisotopic (exact) mass is 801 g/mol. The molecule has 0 radical (unpaired) electrons. The summed E-state index contributed by atoms with van der Waals surface area (Å²) in [5.41, 5.74) is 17.6. The van der Waals surface area contributed by atoms with E-state index in [2.05, 4.69) is 266 Å². The molecule has 0 fully saturated rings. The van der Waals surface area contributed by atoms with Crippen molar-refractivity contribution >= 4 is 38.6 Å². The van der Waals surface area contributed by atoms with Crippen molar-refractivity contribution in [2.75, 3.05) is 4.90 Å². The predicted octanol–water partition coefficient (Wildman–Crippen LogP) is 17.5. The highest BCUT2D eigenvalue weighted by molar-refractivity contribution is 6.00. The Hall–Kier alpha value is -8.26. The Kier molecular flexibility index (Phi) is 9.97. The van der Waals surface area contributed by atoms with Crippen LogP contribution in [0.5, 0.6) is 0 Å². The van der Waals surface area contributed by atoms with E-state index < -0.39 is 0 Å². The van der Waals surface area contributed by atoms with Gasteiger partial charge in [0.15, 0.2) is 0 Å². The highest BCUT2D eigenvalue weighted by atomic mass is 15.1. The minimum Gasteiger partial charge on any atom is -0.310 e. The third-order valence-electron chi connectivity index (χ3n) is 12.3. The van der Waals surface area contributed by atoms with E-state index in [1.165, 1.54) is 82.7 Å². The summed E-state index contributed by atoms with van der Waals surface area (Å²) in [7, 11) is 0. The molecule has 11 rings (SSSR count). The molecule has 0 saturated carbocycles. The number of hydrogen-bond acceptors (Lipinski definition) is 1. The van der Waals surface area contributed by atoms with Crippen LogP contribution in [-0.2, 0) is 0 Å². The molecule has 296 valence electrons. The van der Waals surface area contributed by atoms with Crippen molar-refractivity contribution in [2.45, 2.75) is 0 Å². The number of benzene rings is 11. The van der Waals surface area contributed by atoms with Crippen LogP contribution in [0.3, 0.4) is 0 Å². The van der Waals surface area contributed by atoms with E-state index in [-0.39, 0.29) is 0 Å². The lowest BCUT2D eigenvalue weighted by molar-refractivity contribution is 1.28. The van der Waals surface area contributed by atoms with Crippen LogP contribution < -0.4 is 4.90 Å². The second-order valence-electron chi connectivity index (χ2n) is 16.1. The summed E-state index contributed by atoms with van der Waals surface area (Å²) < 4.78 is 0. The molecule has 0 heterocycles. The molecule has 0 aromatic heterocycles. The molecule has 0 amide bonds. The third-order valence-corrected chi connectivity index (χ3v) is 12.3. The Morgan fingerprint density at radius 2 is 0.571 bits per heavy atom. The zero-order chi connectivity index (χ0) is 42.0. The van der Waals surface area contributed by atoms with E-state index in [0.29, 0.717) is 0 Å². The van der Waals surface area contributed by atoms with Gasteiger partial charge < -0.3 is 4.90 Å².